The van der Waals surface area contributed by atoms with Crippen LogP contribution in [0.15, 0.2) is 224 Å². The van der Waals surface area contributed by atoms with E-state index >= 15 is 0 Å². The Labute approximate surface area is 370 Å². The topological polar surface area (TPSA) is 49.2 Å². The second-order valence-electron chi connectivity index (χ2n) is 16.4. The molecular formula is C59H37N3O2. The van der Waals surface area contributed by atoms with Gasteiger partial charge < -0.3 is 14.0 Å². The lowest BCUT2D eigenvalue weighted by Gasteiger charge is -2.34. The van der Waals surface area contributed by atoms with Crippen LogP contribution in [0, 0.1) is 0 Å². The summed E-state index contributed by atoms with van der Waals surface area (Å²) in [6, 6.07) is 78.7. The van der Waals surface area contributed by atoms with Gasteiger partial charge in [-0.3, -0.25) is 0 Å². The molecule has 0 radical (unpaired) electrons. The maximum absolute atomic E-state index is 7.24. The Morgan fingerprint density at radius 3 is 1.61 bits per heavy atom. The van der Waals surface area contributed by atoms with Crippen LogP contribution in [-0.4, -0.2) is 14.5 Å². The number of ether oxygens (including phenoxy) is 2. The van der Waals surface area contributed by atoms with E-state index in [1.807, 2.05) is 36.4 Å². The molecule has 0 spiro atoms. The Morgan fingerprint density at radius 1 is 0.391 bits per heavy atom. The third-order valence-corrected chi connectivity index (χ3v) is 13.0. The molecular weight excluding hydrogens is 783 g/mol. The van der Waals surface area contributed by atoms with Gasteiger partial charge in [0.1, 0.15) is 0 Å². The van der Waals surface area contributed by atoms with Gasteiger partial charge >= 0.3 is 0 Å². The summed E-state index contributed by atoms with van der Waals surface area (Å²) in [4.78, 5) is 10.6. The van der Waals surface area contributed by atoms with Gasteiger partial charge in [-0.1, -0.05) is 176 Å². The first-order chi connectivity index (χ1) is 31.7. The van der Waals surface area contributed by atoms with Gasteiger partial charge in [0.25, 0.3) is 0 Å². The van der Waals surface area contributed by atoms with E-state index in [4.69, 9.17) is 19.4 Å². The molecule has 0 unspecified atom stereocenters. The lowest BCUT2D eigenvalue weighted by Crippen LogP contribution is -2.28. The van der Waals surface area contributed by atoms with Crippen LogP contribution in [0.4, 0.5) is 0 Å². The fraction of sp³-hybridized carbons (Fsp3) is 0.0169. The number of para-hydroxylation sites is 3. The quantitative estimate of drug-likeness (QED) is 0.168. The van der Waals surface area contributed by atoms with Gasteiger partial charge in [0, 0.05) is 33.2 Å². The second-order valence-corrected chi connectivity index (χ2v) is 16.4. The molecule has 0 bridgehead atoms. The number of aromatic nitrogens is 3. The molecule has 9 aromatic carbocycles. The molecule has 0 atom stereocenters. The zero-order valence-electron chi connectivity index (χ0n) is 34.5. The molecule has 0 saturated carbocycles. The van der Waals surface area contributed by atoms with Crippen LogP contribution in [-0.2, 0) is 5.41 Å². The van der Waals surface area contributed by atoms with Crippen molar-refractivity contribution in [2.45, 2.75) is 5.41 Å². The number of benzene rings is 9. The molecule has 11 aromatic rings. The SMILES string of the molecule is c1ccc(-c2cc(-c3ccc(-n4c5ccccc5c5ccccc54)cc3)nc(-c3cccc4c3Oc3c(ccc5c3-c3ccccc3C5(c3ccccc3)c3ccccc3)O4)n2)cc1. The normalized spacial score (nSPS) is 13.1. The third kappa shape index (κ3) is 5.37. The van der Waals surface area contributed by atoms with Crippen molar-refractivity contribution in [3.8, 4) is 73.7 Å². The van der Waals surface area contributed by atoms with Gasteiger partial charge in [-0.25, -0.2) is 9.97 Å². The predicted octanol–water partition coefficient (Wildman–Crippen LogP) is 14.8. The first kappa shape index (κ1) is 36.1. The summed E-state index contributed by atoms with van der Waals surface area (Å²) in [7, 11) is 0. The van der Waals surface area contributed by atoms with Gasteiger partial charge in [0.05, 0.1) is 33.4 Å². The molecule has 300 valence electrons. The van der Waals surface area contributed by atoms with Crippen LogP contribution in [0.5, 0.6) is 23.0 Å². The van der Waals surface area contributed by atoms with Crippen LogP contribution in [0.2, 0.25) is 0 Å². The standard InChI is InChI=1S/C59H37N3O2/c1-4-17-38(18-5-1)49-37-50(39-31-33-42(34-32-39)62-51-28-14-11-23-43(51)44-24-12-15-29-52(44)62)61-58(60-49)46-26-16-30-53-56(46)64-57-54(63-53)36-35-48-55(57)45-25-10-13-27-47(45)59(48,40-19-6-2-7-20-40)41-21-8-3-9-22-41/h1-37H. The molecule has 1 aliphatic carbocycles. The largest absolute Gasteiger partial charge is 0.449 e. The minimum Gasteiger partial charge on any atom is -0.449 e. The van der Waals surface area contributed by atoms with Crippen molar-refractivity contribution in [3.05, 3.63) is 247 Å². The van der Waals surface area contributed by atoms with Crippen molar-refractivity contribution >= 4 is 21.8 Å². The number of nitrogens with zero attached hydrogens (tertiary/aromatic N) is 3. The van der Waals surface area contributed by atoms with Crippen molar-refractivity contribution in [2.75, 3.05) is 0 Å². The van der Waals surface area contributed by atoms with Gasteiger partial charge in [-0.2, -0.15) is 0 Å². The van der Waals surface area contributed by atoms with Crippen molar-refractivity contribution in [2.24, 2.45) is 0 Å². The maximum Gasteiger partial charge on any atom is 0.181 e. The van der Waals surface area contributed by atoms with Crippen molar-refractivity contribution in [1.82, 2.24) is 14.5 Å². The van der Waals surface area contributed by atoms with Gasteiger partial charge in [0.2, 0.25) is 0 Å². The van der Waals surface area contributed by atoms with Gasteiger partial charge in [0.15, 0.2) is 28.8 Å². The fourth-order valence-electron chi connectivity index (χ4n) is 10.2. The molecule has 5 nitrogen and oxygen atoms in total. The predicted molar refractivity (Wildman–Crippen MR) is 257 cm³/mol. The Balaban J connectivity index is 0.961. The molecule has 0 N–H and O–H groups in total. The Morgan fingerprint density at radius 2 is 0.938 bits per heavy atom. The van der Waals surface area contributed by atoms with Crippen molar-refractivity contribution < 1.29 is 9.47 Å². The number of hydrogen-bond acceptors (Lipinski definition) is 4. The highest BCUT2D eigenvalue weighted by Crippen LogP contribution is 2.62. The summed E-state index contributed by atoms with van der Waals surface area (Å²) in [5, 5.41) is 2.46. The minimum absolute atomic E-state index is 0.544. The summed E-state index contributed by atoms with van der Waals surface area (Å²) in [6.45, 7) is 0. The summed E-state index contributed by atoms with van der Waals surface area (Å²) in [6.07, 6.45) is 0. The molecule has 0 amide bonds. The highest BCUT2D eigenvalue weighted by atomic mass is 16.6. The van der Waals surface area contributed by atoms with Crippen molar-refractivity contribution in [1.29, 1.82) is 0 Å². The lowest BCUT2D eigenvalue weighted by molar-refractivity contribution is 0.361. The van der Waals surface area contributed by atoms with Gasteiger partial charge in [-0.05, 0) is 76.3 Å². The molecule has 1 aliphatic heterocycles. The zero-order chi connectivity index (χ0) is 42.2. The van der Waals surface area contributed by atoms with Crippen LogP contribution in [0.1, 0.15) is 22.3 Å². The van der Waals surface area contributed by atoms with E-state index in [1.165, 1.54) is 38.5 Å². The summed E-state index contributed by atoms with van der Waals surface area (Å²) in [5.41, 5.74) is 14.0. The van der Waals surface area contributed by atoms with E-state index in [1.54, 1.807) is 0 Å². The average molecular weight is 820 g/mol. The van der Waals surface area contributed by atoms with Gasteiger partial charge in [-0.15, -0.1) is 0 Å². The number of rotatable bonds is 6. The van der Waals surface area contributed by atoms with Crippen molar-refractivity contribution in [3.63, 3.8) is 0 Å². The number of hydrogen-bond donors (Lipinski definition) is 0. The molecule has 64 heavy (non-hydrogen) atoms. The lowest BCUT2D eigenvalue weighted by atomic mass is 9.68. The molecule has 0 saturated heterocycles. The number of fused-ring (bicyclic) bond motifs is 9. The smallest absolute Gasteiger partial charge is 0.181 e. The monoisotopic (exact) mass is 819 g/mol. The third-order valence-electron chi connectivity index (χ3n) is 13.0. The maximum atomic E-state index is 7.24. The molecule has 0 fully saturated rings. The van der Waals surface area contributed by atoms with Crippen LogP contribution >= 0.6 is 0 Å². The molecule has 5 heteroatoms. The first-order valence-corrected chi connectivity index (χ1v) is 21.6. The van der Waals surface area contributed by atoms with Crippen LogP contribution in [0.3, 0.4) is 0 Å². The van der Waals surface area contributed by atoms with Crippen LogP contribution in [0.25, 0.3) is 72.5 Å². The first-order valence-electron chi connectivity index (χ1n) is 21.6. The van der Waals surface area contributed by atoms with E-state index in [0.717, 1.165) is 50.5 Å². The Hall–Kier alpha value is -8.54. The van der Waals surface area contributed by atoms with E-state index in [2.05, 4.69) is 193 Å². The Kier molecular flexibility index (Phi) is 8.06. The summed E-state index contributed by atoms with van der Waals surface area (Å²) < 4.78 is 16.4. The van der Waals surface area contributed by atoms with Crippen LogP contribution < -0.4 is 9.47 Å². The highest BCUT2D eigenvalue weighted by molar-refractivity contribution is 6.09. The average Bonchev–Trinajstić information content (AvgIpc) is 3.87. The van der Waals surface area contributed by atoms with E-state index in [9.17, 15) is 0 Å². The molecule has 13 rings (SSSR count). The second kappa shape index (κ2) is 14.3. The summed E-state index contributed by atoms with van der Waals surface area (Å²) >= 11 is 0. The molecule has 3 heterocycles. The summed E-state index contributed by atoms with van der Waals surface area (Å²) in [5.74, 6) is 3.08. The minimum atomic E-state index is -0.578. The highest BCUT2D eigenvalue weighted by Gasteiger charge is 2.48. The van der Waals surface area contributed by atoms with E-state index in [-0.39, 0.29) is 0 Å². The molecule has 2 aliphatic rings. The molecule has 2 aromatic heterocycles. The van der Waals surface area contributed by atoms with E-state index < -0.39 is 5.41 Å². The zero-order valence-corrected chi connectivity index (χ0v) is 34.5. The Bertz CT molecular complexity index is 3510. The fourth-order valence-corrected chi connectivity index (χ4v) is 10.2. The van der Waals surface area contributed by atoms with E-state index in [0.29, 0.717) is 28.8 Å².